The van der Waals surface area contributed by atoms with Gasteiger partial charge in [-0.25, -0.2) is 17.2 Å². The maximum Gasteiger partial charge on any atom is 0.246 e. The molecule has 3 rings (SSSR count). The molecule has 1 atom stereocenters. The molecule has 0 amide bonds. The van der Waals surface area contributed by atoms with Crippen molar-refractivity contribution in [2.75, 3.05) is 13.1 Å². The van der Waals surface area contributed by atoms with Gasteiger partial charge in [-0.2, -0.15) is 4.31 Å². The summed E-state index contributed by atoms with van der Waals surface area (Å²) in [5.41, 5.74) is 0. The summed E-state index contributed by atoms with van der Waals surface area (Å²) in [6.45, 7) is 0.499. The Morgan fingerprint density at radius 3 is 2.74 bits per heavy atom. The Bertz CT molecular complexity index is 822. The second-order valence-corrected chi connectivity index (χ2v) is 7.48. The zero-order valence-corrected chi connectivity index (χ0v) is 13.3. The molecule has 0 N–H and O–H groups in total. The fraction of sp³-hybridized carbons (Fsp3) is 0.429. The van der Waals surface area contributed by atoms with E-state index in [1.54, 1.807) is 17.9 Å². The summed E-state index contributed by atoms with van der Waals surface area (Å²) in [6, 6.07) is 2.49. The number of hydrogen-bond acceptors (Lipinski definition) is 4. The minimum Gasteiger partial charge on any atom is -0.320 e. The molecule has 1 aliphatic rings. The van der Waals surface area contributed by atoms with Gasteiger partial charge in [0.1, 0.15) is 28.7 Å². The van der Waals surface area contributed by atoms with Crippen molar-refractivity contribution in [3.05, 3.63) is 42.0 Å². The van der Waals surface area contributed by atoms with E-state index in [1.807, 2.05) is 0 Å². The number of piperidine rings is 1. The summed E-state index contributed by atoms with van der Waals surface area (Å²) in [4.78, 5) is -0.502. The maximum atomic E-state index is 13.9. The van der Waals surface area contributed by atoms with Crippen LogP contribution < -0.4 is 0 Å². The summed E-state index contributed by atoms with van der Waals surface area (Å²) in [7, 11) is -2.22. The molecule has 1 aromatic carbocycles. The van der Waals surface area contributed by atoms with Gasteiger partial charge < -0.3 is 4.57 Å². The van der Waals surface area contributed by atoms with E-state index in [4.69, 9.17) is 0 Å². The lowest BCUT2D eigenvalue weighted by molar-refractivity contribution is 0.305. The van der Waals surface area contributed by atoms with E-state index in [2.05, 4.69) is 10.2 Å². The topological polar surface area (TPSA) is 68.1 Å². The number of aryl methyl sites for hydroxylation is 1. The molecule has 23 heavy (non-hydrogen) atoms. The van der Waals surface area contributed by atoms with Gasteiger partial charge in [-0.1, -0.05) is 0 Å². The minimum atomic E-state index is -4.01. The zero-order chi connectivity index (χ0) is 16.6. The first kappa shape index (κ1) is 16.0. The summed E-state index contributed by atoms with van der Waals surface area (Å²) in [5, 5.41) is 7.84. The Hall–Kier alpha value is -1.87. The van der Waals surface area contributed by atoms with Crippen LogP contribution in [-0.2, 0) is 17.1 Å². The number of nitrogens with zero attached hydrogens (tertiary/aromatic N) is 4. The minimum absolute atomic E-state index is 0.102. The fourth-order valence-corrected chi connectivity index (χ4v) is 4.43. The van der Waals surface area contributed by atoms with Gasteiger partial charge in [0.25, 0.3) is 0 Å². The molecule has 0 bridgehead atoms. The molecular weight excluding hydrogens is 326 g/mol. The molecule has 0 aliphatic carbocycles. The second kappa shape index (κ2) is 5.97. The molecule has 6 nitrogen and oxygen atoms in total. The average Bonchev–Trinajstić information content (AvgIpc) is 2.93. The molecule has 2 heterocycles. The lowest BCUT2D eigenvalue weighted by atomic mass is 9.99. The van der Waals surface area contributed by atoms with Gasteiger partial charge in [0.2, 0.25) is 10.0 Å². The van der Waals surface area contributed by atoms with Crippen LogP contribution in [0.5, 0.6) is 0 Å². The van der Waals surface area contributed by atoms with Crippen molar-refractivity contribution in [3.63, 3.8) is 0 Å². The third-order valence-corrected chi connectivity index (χ3v) is 5.91. The molecule has 1 aromatic heterocycles. The van der Waals surface area contributed by atoms with Crippen LogP contribution in [-0.4, -0.2) is 40.6 Å². The van der Waals surface area contributed by atoms with Crippen molar-refractivity contribution in [3.8, 4) is 0 Å². The first-order valence-electron chi connectivity index (χ1n) is 7.18. The summed E-state index contributed by atoms with van der Waals surface area (Å²) < 4.78 is 55.1. The third kappa shape index (κ3) is 2.98. The summed E-state index contributed by atoms with van der Waals surface area (Å²) in [6.07, 6.45) is 2.98. The number of rotatable bonds is 3. The number of benzene rings is 1. The molecule has 1 saturated heterocycles. The molecule has 1 fully saturated rings. The predicted molar refractivity (Wildman–Crippen MR) is 78.1 cm³/mol. The highest BCUT2D eigenvalue weighted by molar-refractivity contribution is 7.89. The van der Waals surface area contributed by atoms with E-state index in [-0.39, 0.29) is 12.5 Å². The Morgan fingerprint density at radius 1 is 1.30 bits per heavy atom. The molecule has 9 heteroatoms. The van der Waals surface area contributed by atoms with Crippen LogP contribution in [0.3, 0.4) is 0 Å². The Labute approximate surface area is 132 Å². The molecule has 2 aromatic rings. The lowest BCUT2D eigenvalue weighted by Gasteiger charge is -2.31. The smallest absolute Gasteiger partial charge is 0.246 e. The molecule has 0 spiro atoms. The monoisotopic (exact) mass is 342 g/mol. The van der Waals surface area contributed by atoms with E-state index < -0.39 is 26.6 Å². The van der Waals surface area contributed by atoms with E-state index in [1.165, 1.54) is 4.31 Å². The summed E-state index contributed by atoms with van der Waals surface area (Å²) >= 11 is 0. The Balaban J connectivity index is 1.89. The van der Waals surface area contributed by atoms with Gasteiger partial charge in [0.15, 0.2) is 0 Å². The SMILES string of the molecule is Cn1cnnc1[C@@H]1CCCN(S(=O)(=O)c2ccc(F)cc2F)C1. The van der Waals surface area contributed by atoms with Gasteiger partial charge in [-0.05, 0) is 25.0 Å². The van der Waals surface area contributed by atoms with Gasteiger partial charge in [-0.3, -0.25) is 0 Å². The van der Waals surface area contributed by atoms with E-state index in [0.717, 1.165) is 18.6 Å². The average molecular weight is 342 g/mol. The predicted octanol–water partition coefficient (Wildman–Crippen LogP) is 1.66. The summed E-state index contributed by atoms with van der Waals surface area (Å²) in [5.74, 6) is -1.29. The van der Waals surface area contributed by atoms with Crippen molar-refractivity contribution < 1.29 is 17.2 Å². The number of aromatic nitrogens is 3. The van der Waals surface area contributed by atoms with Crippen molar-refractivity contribution in [2.24, 2.45) is 7.05 Å². The number of halogens is 2. The Morgan fingerprint density at radius 2 is 2.09 bits per heavy atom. The lowest BCUT2D eigenvalue weighted by Crippen LogP contribution is -2.40. The van der Waals surface area contributed by atoms with Crippen molar-refractivity contribution in [1.82, 2.24) is 19.1 Å². The standard InChI is InChI=1S/C14H16F2N4O2S/c1-19-9-17-18-14(19)10-3-2-6-20(8-10)23(21,22)13-5-4-11(15)7-12(13)16/h4-5,7,9-10H,2-3,6,8H2,1H3/t10-/m1/s1. The van der Waals surface area contributed by atoms with Crippen LogP contribution in [0.25, 0.3) is 0 Å². The molecule has 0 unspecified atom stereocenters. The highest BCUT2D eigenvalue weighted by Crippen LogP contribution is 2.29. The highest BCUT2D eigenvalue weighted by Gasteiger charge is 2.34. The molecule has 0 radical (unpaired) electrons. The normalized spacial score (nSPS) is 19.9. The third-order valence-electron chi connectivity index (χ3n) is 4.01. The molecule has 0 saturated carbocycles. The van der Waals surface area contributed by atoms with Crippen molar-refractivity contribution in [2.45, 2.75) is 23.7 Å². The number of sulfonamides is 1. The van der Waals surface area contributed by atoms with Gasteiger partial charge in [-0.15, -0.1) is 10.2 Å². The van der Waals surface area contributed by atoms with Crippen LogP contribution in [0.1, 0.15) is 24.6 Å². The first-order chi connectivity index (χ1) is 10.9. The molecule has 1 aliphatic heterocycles. The van der Waals surface area contributed by atoms with Crippen LogP contribution in [0.4, 0.5) is 8.78 Å². The van der Waals surface area contributed by atoms with Crippen molar-refractivity contribution in [1.29, 1.82) is 0 Å². The highest BCUT2D eigenvalue weighted by atomic mass is 32.2. The fourth-order valence-electron chi connectivity index (χ4n) is 2.86. The van der Waals surface area contributed by atoms with E-state index >= 15 is 0 Å². The van der Waals surface area contributed by atoms with Crippen LogP contribution in [0.2, 0.25) is 0 Å². The quantitative estimate of drug-likeness (QED) is 0.851. The second-order valence-electron chi connectivity index (χ2n) is 5.58. The largest absolute Gasteiger partial charge is 0.320 e. The van der Waals surface area contributed by atoms with Gasteiger partial charge in [0, 0.05) is 32.1 Å². The van der Waals surface area contributed by atoms with E-state index in [9.17, 15) is 17.2 Å². The number of hydrogen-bond donors (Lipinski definition) is 0. The Kier molecular flexibility index (Phi) is 4.15. The first-order valence-corrected chi connectivity index (χ1v) is 8.62. The van der Waals surface area contributed by atoms with Gasteiger partial charge >= 0.3 is 0 Å². The maximum absolute atomic E-state index is 13.9. The van der Waals surface area contributed by atoms with Crippen LogP contribution in [0.15, 0.2) is 29.4 Å². The molecule has 124 valence electrons. The van der Waals surface area contributed by atoms with Crippen LogP contribution >= 0.6 is 0 Å². The van der Waals surface area contributed by atoms with Gasteiger partial charge in [0.05, 0.1) is 0 Å². The van der Waals surface area contributed by atoms with E-state index in [0.29, 0.717) is 24.9 Å². The van der Waals surface area contributed by atoms with Crippen LogP contribution in [0, 0.1) is 11.6 Å². The molecular formula is C14H16F2N4O2S. The van der Waals surface area contributed by atoms with Crippen molar-refractivity contribution >= 4 is 10.0 Å². The zero-order valence-electron chi connectivity index (χ0n) is 12.5.